The van der Waals surface area contributed by atoms with Crippen molar-refractivity contribution in [2.45, 2.75) is 27.3 Å². The quantitative estimate of drug-likeness (QED) is 0.415. The lowest BCUT2D eigenvalue weighted by molar-refractivity contribution is -0.123. The number of hydrogen-bond acceptors (Lipinski definition) is 6. The third-order valence-electron chi connectivity index (χ3n) is 5.41. The zero-order valence-corrected chi connectivity index (χ0v) is 20.2. The lowest BCUT2D eigenvalue weighted by atomic mass is 10.1. The first-order valence-corrected chi connectivity index (χ1v) is 11.8. The molecular weight excluding hydrogens is 448 g/mol. The zero-order chi connectivity index (χ0) is 24.1. The fraction of sp³-hybridized carbons (Fsp3) is 0.231. The summed E-state index contributed by atoms with van der Waals surface area (Å²) in [6.07, 6.45) is 0. The number of benzene rings is 2. The van der Waals surface area contributed by atoms with Crippen molar-refractivity contribution >= 4 is 17.2 Å². The highest BCUT2D eigenvalue weighted by molar-refractivity contribution is 7.18. The standard InChI is InChI=1S/C26H26N4O3S/c1-17-9-10-21(15-18(17)2)33-16-23(31)27-13-14-30-24(32)12-11-22(29-30)25-19(3)28-26(34-25)20-7-5-4-6-8-20/h4-12,15H,13-14,16H2,1-3H3,(H,27,31). The number of thiazole rings is 1. The smallest absolute Gasteiger partial charge is 0.266 e. The van der Waals surface area contributed by atoms with Crippen molar-refractivity contribution in [2.75, 3.05) is 13.2 Å². The Labute approximate surface area is 202 Å². The van der Waals surface area contributed by atoms with Gasteiger partial charge in [-0.25, -0.2) is 9.67 Å². The van der Waals surface area contributed by atoms with Crippen LogP contribution < -0.4 is 15.6 Å². The van der Waals surface area contributed by atoms with Gasteiger partial charge in [0.1, 0.15) is 16.5 Å². The van der Waals surface area contributed by atoms with Crippen LogP contribution in [-0.2, 0) is 11.3 Å². The van der Waals surface area contributed by atoms with Crippen molar-refractivity contribution < 1.29 is 9.53 Å². The highest BCUT2D eigenvalue weighted by Crippen LogP contribution is 2.33. The molecule has 0 aliphatic heterocycles. The monoisotopic (exact) mass is 474 g/mol. The van der Waals surface area contributed by atoms with Crippen molar-refractivity contribution in [3.05, 3.63) is 87.8 Å². The summed E-state index contributed by atoms with van der Waals surface area (Å²) in [5.41, 5.74) is 4.63. The Morgan fingerprint density at radius 2 is 1.82 bits per heavy atom. The number of aryl methyl sites for hydroxylation is 3. The zero-order valence-electron chi connectivity index (χ0n) is 19.4. The minimum atomic E-state index is -0.256. The van der Waals surface area contributed by atoms with Gasteiger partial charge in [0.05, 0.1) is 17.1 Å². The van der Waals surface area contributed by atoms with E-state index in [0.29, 0.717) is 11.4 Å². The number of hydrogen-bond donors (Lipinski definition) is 1. The molecule has 34 heavy (non-hydrogen) atoms. The normalized spacial score (nSPS) is 10.8. The molecule has 2 aromatic carbocycles. The van der Waals surface area contributed by atoms with Crippen LogP contribution in [0, 0.1) is 20.8 Å². The van der Waals surface area contributed by atoms with Gasteiger partial charge in [-0.2, -0.15) is 5.10 Å². The van der Waals surface area contributed by atoms with E-state index in [2.05, 4.69) is 15.4 Å². The predicted octanol–water partition coefficient (Wildman–Crippen LogP) is 4.15. The van der Waals surface area contributed by atoms with Crippen LogP contribution in [0.3, 0.4) is 0 Å². The number of rotatable bonds is 8. The van der Waals surface area contributed by atoms with Crippen LogP contribution in [0.2, 0.25) is 0 Å². The maximum absolute atomic E-state index is 12.3. The van der Waals surface area contributed by atoms with Crippen LogP contribution in [0.1, 0.15) is 16.8 Å². The number of ether oxygens (including phenoxy) is 1. The van der Waals surface area contributed by atoms with E-state index in [1.807, 2.05) is 69.3 Å². The molecule has 8 heteroatoms. The maximum atomic E-state index is 12.3. The Balaban J connectivity index is 1.37. The molecule has 0 saturated carbocycles. The third kappa shape index (κ3) is 5.58. The molecule has 4 aromatic rings. The lowest BCUT2D eigenvalue weighted by Gasteiger charge is -2.10. The summed E-state index contributed by atoms with van der Waals surface area (Å²) in [6, 6.07) is 18.9. The topological polar surface area (TPSA) is 86.1 Å². The van der Waals surface area contributed by atoms with E-state index in [0.717, 1.165) is 26.7 Å². The Morgan fingerprint density at radius 1 is 1.03 bits per heavy atom. The van der Waals surface area contributed by atoms with Gasteiger partial charge in [0.25, 0.3) is 11.5 Å². The number of carbonyl (C=O) groups excluding carboxylic acids is 1. The molecule has 1 amide bonds. The Kier molecular flexibility index (Phi) is 7.18. The minimum absolute atomic E-state index is 0.0901. The van der Waals surface area contributed by atoms with Crippen LogP contribution >= 0.6 is 11.3 Å². The summed E-state index contributed by atoms with van der Waals surface area (Å²) in [5, 5.41) is 8.19. The van der Waals surface area contributed by atoms with Gasteiger partial charge in [0.15, 0.2) is 6.61 Å². The number of carbonyl (C=O) groups is 1. The van der Waals surface area contributed by atoms with Crippen molar-refractivity contribution in [1.82, 2.24) is 20.1 Å². The second-order valence-electron chi connectivity index (χ2n) is 7.96. The van der Waals surface area contributed by atoms with Gasteiger partial charge in [-0.3, -0.25) is 9.59 Å². The van der Waals surface area contributed by atoms with Crippen molar-refractivity contribution in [2.24, 2.45) is 0 Å². The van der Waals surface area contributed by atoms with E-state index < -0.39 is 0 Å². The van der Waals surface area contributed by atoms with Crippen molar-refractivity contribution in [1.29, 1.82) is 0 Å². The van der Waals surface area contributed by atoms with E-state index in [1.165, 1.54) is 16.3 Å². The largest absolute Gasteiger partial charge is 0.484 e. The summed E-state index contributed by atoms with van der Waals surface area (Å²) in [4.78, 5) is 30.1. The number of nitrogens with zero attached hydrogens (tertiary/aromatic N) is 3. The Morgan fingerprint density at radius 3 is 2.59 bits per heavy atom. The van der Waals surface area contributed by atoms with Gasteiger partial charge >= 0.3 is 0 Å². The van der Waals surface area contributed by atoms with Crippen LogP contribution in [0.25, 0.3) is 21.1 Å². The molecule has 174 valence electrons. The molecule has 0 spiro atoms. The molecule has 2 aromatic heterocycles. The van der Waals surface area contributed by atoms with E-state index in [-0.39, 0.29) is 31.2 Å². The average Bonchev–Trinajstić information content (AvgIpc) is 3.23. The fourth-order valence-corrected chi connectivity index (χ4v) is 4.41. The average molecular weight is 475 g/mol. The molecule has 2 heterocycles. The van der Waals surface area contributed by atoms with Crippen LogP contribution in [0.5, 0.6) is 5.75 Å². The van der Waals surface area contributed by atoms with Crippen molar-refractivity contribution in [3.63, 3.8) is 0 Å². The van der Waals surface area contributed by atoms with Crippen molar-refractivity contribution in [3.8, 4) is 26.9 Å². The van der Waals surface area contributed by atoms with Crippen LogP contribution in [-0.4, -0.2) is 33.8 Å². The third-order valence-corrected chi connectivity index (χ3v) is 6.64. The first-order chi connectivity index (χ1) is 16.4. The van der Waals surface area contributed by atoms with Gasteiger partial charge in [-0.05, 0) is 50.1 Å². The second kappa shape index (κ2) is 10.4. The number of nitrogens with one attached hydrogen (secondary N) is 1. The summed E-state index contributed by atoms with van der Waals surface area (Å²) in [5.74, 6) is 0.395. The fourth-order valence-electron chi connectivity index (χ4n) is 3.37. The summed E-state index contributed by atoms with van der Waals surface area (Å²) < 4.78 is 6.92. The molecule has 0 unspecified atom stereocenters. The SMILES string of the molecule is Cc1ccc(OCC(=O)NCCn2nc(-c3sc(-c4ccccc4)nc3C)ccc2=O)cc1C. The molecule has 7 nitrogen and oxygen atoms in total. The van der Waals surface area contributed by atoms with Gasteiger partial charge in [0, 0.05) is 18.2 Å². The number of amides is 1. The lowest BCUT2D eigenvalue weighted by Crippen LogP contribution is -2.34. The van der Waals surface area contributed by atoms with Crippen LogP contribution in [0.4, 0.5) is 0 Å². The van der Waals surface area contributed by atoms with Gasteiger partial charge < -0.3 is 10.1 Å². The summed E-state index contributed by atoms with van der Waals surface area (Å²) >= 11 is 1.54. The first kappa shape index (κ1) is 23.4. The summed E-state index contributed by atoms with van der Waals surface area (Å²) in [6.45, 7) is 6.39. The molecule has 4 rings (SSSR count). The minimum Gasteiger partial charge on any atom is -0.484 e. The second-order valence-corrected chi connectivity index (χ2v) is 8.96. The Hall–Kier alpha value is -3.78. The molecule has 0 saturated heterocycles. The van der Waals surface area contributed by atoms with Gasteiger partial charge in [0.2, 0.25) is 0 Å². The molecule has 1 N–H and O–H groups in total. The molecule has 0 aliphatic rings. The molecular formula is C26H26N4O3S. The first-order valence-electron chi connectivity index (χ1n) is 11.0. The molecule has 0 atom stereocenters. The van der Waals surface area contributed by atoms with Crippen LogP contribution in [0.15, 0.2) is 65.5 Å². The molecule has 0 bridgehead atoms. The van der Waals surface area contributed by atoms with E-state index in [9.17, 15) is 9.59 Å². The maximum Gasteiger partial charge on any atom is 0.266 e. The van der Waals surface area contributed by atoms with Gasteiger partial charge in [-0.15, -0.1) is 11.3 Å². The summed E-state index contributed by atoms with van der Waals surface area (Å²) in [7, 11) is 0. The Bertz CT molecular complexity index is 1360. The number of aromatic nitrogens is 3. The molecule has 0 radical (unpaired) electrons. The van der Waals surface area contributed by atoms with Gasteiger partial charge in [-0.1, -0.05) is 36.4 Å². The van der Waals surface area contributed by atoms with E-state index >= 15 is 0 Å². The highest BCUT2D eigenvalue weighted by Gasteiger charge is 2.14. The molecule has 0 aliphatic carbocycles. The highest BCUT2D eigenvalue weighted by atomic mass is 32.1. The predicted molar refractivity (Wildman–Crippen MR) is 134 cm³/mol. The van der Waals surface area contributed by atoms with E-state index in [4.69, 9.17) is 4.74 Å². The van der Waals surface area contributed by atoms with E-state index in [1.54, 1.807) is 17.4 Å². The molecule has 0 fully saturated rings.